The van der Waals surface area contributed by atoms with Crippen molar-refractivity contribution in [1.29, 1.82) is 0 Å². The van der Waals surface area contributed by atoms with Gasteiger partial charge in [0.15, 0.2) is 0 Å². The van der Waals surface area contributed by atoms with Gasteiger partial charge in [-0.15, -0.1) is 0 Å². The van der Waals surface area contributed by atoms with E-state index in [0.29, 0.717) is 5.92 Å². The van der Waals surface area contributed by atoms with Crippen LogP contribution >= 0.6 is 0 Å². The Morgan fingerprint density at radius 3 is 1.55 bits per heavy atom. The maximum atomic E-state index is 11.7. The third-order valence-electron chi connectivity index (χ3n) is 6.24. The quantitative estimate of drug-likeness (QED) is 0.777. The van der Waals surface area contributed by atoms with Gasteiger partial charge in [0.25, 0.3) is 0 Å². The van der Waals surface area contributed by atoms with Gasteiger partial charge in [-0.3, -0.25) is 4.90 Å². The van der Waals surface area contributed by atoms with Crippen molar-refractivity contribution >= 4 is 0 Å². The molecule has 0 amide bonds. The molecule has 0 spiro atoms. The van der Waals surface area contributed by atoms with E-state index in [-0.39, 0.29) is 22.2 Å². The van der Waals surface area contributed by atoms with Gasteiger partial charge >= 0.3 is 0 Å². The molecule has 0 unspecified atom stereocenters. The molecule has 0 radical (unpaired) electrons. The lowest BCUT2D eigenvalue weighted by Crippen LogP contribution is -2.68. The molecule has 2 rings (SSSR count). The van der Waals surface area contributed by atoms with E-state index in [9.17, 15) is 5.11 Å². The van der Waals surface area contributed by atoms with E-state index in [4.69, 9.17) is 0 Å². The second-order valence-electron chi connectivity index (χ2n) is 10.6. The molecule has 2 N–H and O–H groups in total. The normalized spacial score (nSPS) is 33.5. The Morgan fingerprint density at radius 2 is 1.18 bits per heavy atom. The summed E-state index contributed by atoms with van der Waals surface area (Å²) in [5, 5.41) is 15.4. The van der Waals surface area contributed by atoms with E-state index in [0.717, 1.165) is 25.7 Å². The van der Waals surface area contributed by atoms with Crippen molar-refractivity contribution in [2.45, 2.75) is 109 Å². The van der Waals surface area contributed by atoms with Crippen LogP contribution in [0.3, 0.4) is 0 Å². The molecule has 0 aromatic rings. The summed E-state index contributed by atoms with van der Waals surface area (Å²) in [5.74, 6) is 0.353. The van der Waals surface area contributed by atoms with E-state index in [2.05, 4.69) is 72.7 Å². The Kier molecular flexibility index (Phi) is 4.09. The van der Waals surface area contributed by atoms with Gasteiger partial charge in [-0.2, -0.15) is 0 Å². The fourth-order valence-electron chi connectivity index (χ4n) is 5.61. The number of hydrogen-bond acceptors (Lipinski definition) is 3. The van der Waals surface area contributed by atoms with Crippen molar-refractivity contribution in [3.05, 3.63) is 0 Å². The molecule has 0 aliphatic carbocycles. The van der Waals surface area contributed by atoms with Crippen LogP contribution in [0.2, 0.25) is 0 Å². The SMILES string of the molecule is CN1C(C)(C)CC(O)(C2CC(C)(C)NC(C)(C)C2)CC1(C)C. The number of likely N-dealkylation sites (tertiary alicyclic amines) is 1. The number of hydrogen-bond donors (Lipinski definition) is 2. The van der Waals surface area contributed by atoms with Crippen LogP contribution < -0.4 is 5.32 Å². The zero-order valence-corrected chi connectivity index (χ0v) is 16.3. The van der Waals surface area contributed by atoms with Crippen molar-refractivity contribution in [3.8, 4) is 0 Å². The molecule has 22 heavy (non-hydrogen) atoms. The van der Waals surface area contributed by atoms with Gasteiger partial charge in [0.1, 0.15) is 0 Å². The standard InChI is InChI=1S/C19H38N2O/c1-15(2)10-14(11-16(3,4)20-15)19(22)12-17(5,6)21(9)18(7,8)13-19/h14,20,22H,10-13H2,1-9H3. The number of piperidine rings is 2. The number of aliphatic hydroxyl groups is 1. The van der Waals surface area contributed by atoms with Crippen LogP contribution in [-0.2, 0) is 0 Å². The fourth-order valence-corrected chi connectivity index (χ4v) is 5.61. The molecular formula is C19H38N2O. The third-order valence-corrected chi connectivity index (χ3v) is 6.24. The van der Waals surface area contributed by atoms with Crippen LogP contribution in [0.5, 0.6) is 0 Å². The van der Waals surface area contributed by atoms with Crippen molar-refractivity contribution in [2.24, 2.45) is 5.92 Å². The lowest BCUT2D eigenvalue weighted by atomic mass is 9.60. The molecule has 2 saturated heterocycles. The van der Waals surface area contributed by atoms with Crippen LogP contribution in [0.25, 0.3) is 0 Å². The summed E-state index contributed by atoms with van der Waals surface area (Å²) in [4.78, 5) is 2.45. The van der Waals surface area contributed by atoms with Crippen molar-refractivity contribution in [1.82, 2.24) is 10.2 Å². The first-order valence-electron chi connectivity index (χ1n) is 8.84. The minimum absolute atomic E-state index is 0.0235. The molecule has 2 heterocycles. The first-order chi connectivity index (χ1) is 9.59. The lowest BCUT2D eigenvalue weighted by Gasteiger charge is -2.61. The van der Waals surface area contributed by atoms with Gasteiger partial charge < -0.3 is 10.4 Å². The van der Waals surface area contributed by atoms with E-state index >= 15 is 0 Å². The molecule has 3 heteroatoms. The first kappa shape index (κ1) is 18.2. The summed E-state index contributed by atoms with van der Waals surface area (Å²) in [5.41, 5.74) is -0.360. The summed E-state index contributed by atoms with van der Waals surface area (Å²) in [6.07, 6.45) is 3.80. The van der Waals surface area contributed by atoms with Gasteiger partial charge in [-0.25, -0.2) is 0 Å². The highest BCUT2D eigenvalue weighted by atomic mass is 16.3. The zero-order chi connectivity index (χ0) is 17.2. The largest absolute Gasteiger partial charge is 0.389 e. The van der Waals surface area contributed by atoms with Crippen LogP contribution in [0.15, 0.2) is 0 Å². The zero-order valence-electron chi connectivity index (χ0n) is 16.3. The van der Waals surface area contributed by atoms with E-state index in [1.54, 1.807) is 0 Å². The van der Waals surface area contributed by atoms with Gasteiger partial charge in [-0.05, 0) is 94.0 Å². The van der Waals surface area contributed by atoms with Crippen LogP contribution in [0.4, 0.5) is 0 Å². The summed E-state index contributed by atoms with van der Waals surface area (Å²) < 4.78 is 0. The van der Waals surface area contributed by atoms with E-state index < -0.39 is 5.60 Å². The first-order valence-corrected chi connectivity index (χ1v) is 8.84. The third kappa shape index (κ3) is 3.37. The average Bonchev–Trinajstić information content (AvgIpc) is 2.20. The van der Waals surface area contributed by atoms with Crippen molar-refractivity contribution in [2.75, 3.05) is 7.05 Å². The number of nitrogens with one attached hydrogen (secondary N) is 1. The van der Waals surface area contributed by atoms with Gasteiger partial charge in [0, 0.05) is 22.2 Å². The number of rotatable bonds is 1. The maximum Gasteiger partial charge on any atom is 0.0712 e. The smallest absolute Gasteiger partial charge is 0.0712 e. The Hall–Kier alpha value is -0.120. The predicted octanol–water partition coefficient (Wildman–Crippen LogP) is 3.56. The van der Waals surface area contributed by atoms with Crippen LogP contribution in [0.1, 0.15) is 81.1 Å². The average molecular weight is 311 g/mol. The Bertz CT molecular complexity index is 403. The van der Waals surface area contributed by atoms with Crippen LogP contribution in [0, 0.1) is 5.92 Å². The minimum atomic E-state index is -0.573. The Balaban J connectivity index is 2.34. The fraction of sp³-hybridized carbons (Fsp3) is 1.00. The topological polar surface area (TPSA) is 35.5 Å². The second kappa shape index (κ2) is 4.94. The summed E-state index contributed by atoms with van der Waals surface area (Å²) in [6, 6.07) is 0. The Labute approximate surface area is 137 Å². The molecule has 2 aliphatic rings. The van der Waals surface area contributed by atoms with Crippen molar-refractivity contribution in [3.63, 3.8) is 0 Å². The van der Waals surface area contributed by atoms with Gasteiger partial charge in [-0.1, -0.05) is 0 Å². The lowest BCUT2D eigenvalue weighted by molar-refractivity contribution is -0.165. The summed E-state index contributed by atoms with van der Waals surface area (Å²) in [7, 11) is 2.20. The minimum Gasteiger partial charge on any atom is -0.389 e. The molecule has 0 aromatic carbocycles. The van der Waals surface area contributed by atoms with Gasteiger partial charge in [0.2, 0.25) is 0 Å². The predicted molar refractivity (Wildman–Crippen MR) is 94.1 cm³/mol. The van der Waals surface area contributed by atoms with Crippen LogP contribution in [-0.4, -0.2) is 44.8 Å². The molecule has 0 bridgehead atoms. The molecule has 2 aliphatic heterocycles. The second-order valence-corrected chi connectivity index (χ2v) is 10.6. The highest BCUT2D eigenvalue weighted by molar-refractivity contribution is 5.11. The summed E-state index contributed by atoms with van der Waals surface area (Å²) >= 11 is 0. The monoisotopic (exact) mass is 310 g/mol. The Morgan fingerprint density at radius 1 is 0.818 bits per heavy atom. The van der Waals surface area contributed by atoms with Crippen molar-refractivity contribution < 1.29 is 5.11 Å². The molecular weight excluding hydrogens is 272 g/mol. The van der Waals surface area contributed by atoms with E-state index in [1.165, 1.54) is 0 Å². The summed E-state index contributed by atoms with van der Waals surface area (Å²) in [6.45, 7) is 18.2. The van der Waals surface area contributed by atoms with Gasteiger partial charge in [0.05, 0.1) is 5.60 Å². The molecule has 0 aromatic heterocycles. The maximum absolute atomic E-state index is 11.7. The molecule has 0 atom stereocenters. The highest BCUT2D eigenvalue weighted by Crippen LogP contribution is 2.50. The van der Waals surface area contributed by atoms with E-state index in [1.807, 2.05) is 0 Å². The molecule has 3 nitrogen and oxygen atoms in total. The number of nitrogens with zero attached hydrogens (tertiary/aromatic N) is 1. The highest BCUT2D eigenvalue weighted by Gasteiger charge is 2.55. The molecule has 130 valence electrons. The molecule has 0 saturated carbocycles. The molecule has 2 fully saturated rings.